The normalized spacial score (nSPS) is 21.3. The van der Waals surface area contributed by atoms with Crippen LogP contribution < -0.4 is 16.8 Å². The Hall–Kier alpha value is -0.610. The van der Waals surface area contributed by atoms with Gasteiger partial charge in [0.25, 0.3) is 0 Å². The van der Waals surface area contributed by atoms with Gasteiger partial charge >= 0.3 is 0 Å². The first-order valence-electron chi connectivity index (χ1n) is 5.91. The summed E-state index contributed by atoms with van der Waals surface area (Å²) in [6, 6.07) is -0.376. The third kappa shape index (κ3) is 3.18. The number of nitrogens with one attached hydrogen (secondary N) is 1. The zero-order valence-electron chi connectivity index (χ0n) is 9.59. The van der Waals surface area contributed by atoms with E-state index < -0.39 is 0 Å². The Bertz CT molecular complexity index is 212. The molecule has 0 spiro atoms. The van der Waals surface area contributed by atoms with Crippen LogP contribution in [0.15, 0.2) is 0 Å². The van der Waals surface area contributed by atoms with Crippen molar-refractivity contribution < 1.29 is 4.79 Å². The summed E-state index contributed by atoms with van der Waals surface area (Å²) >= 11 is 0. The monoisotopic (exact) mass is 213 g/mol. The number of amides is 1. The molecule has 4 nitrogen and oxygen atoms in total. The van der Waals surface area contributed by atoms with Crippen LogP contribution in [0.5, 0.6) is 0 Å². The van der Waals surface area contributed by atoms with E-state index in [2.05, 4.69) is 5.32 Å². The largest absolute Gasteiger partial charge is 0.348 e. The Labute approximate surface area is 91.8 Å². The molecular weight excluding hydrogens is 190 g/mol. The molecule has 1 aliphatic rings. The third-order valence-electron chi connectivity index (χ3n) is 3.28. The molecule has 0 bridgehead atoms. The quantitative estimate of drug-likeness (QED) is 0.622. The molecule has 0 heterocycles. The average molecular weight is 213 g/mol. The Morgan fingerprint density at radius 1 is 1.47 bits per heavy atom. The van der Waals surface area contributed by atoms with Gasteiger partial charge in [-0.15, -0.1) is 0 Å². The number of rotatable bonds is 5. The van der Waals surface area contributed by atoms with E-state index in [0.717, 1.165) is 38.5 Å². The van der Waals surface area contributed by atoms with Crippen LogP contribution in [0.1, 0.15) is 45.4 Å². The van der Waals surface area contributed by atoms with Gasteiger partial charge in [-0.1, -0.05) is 26.2 Å². The van der Waals surface area contributed by atoms with E-state index in [1.165, 1.54) is 0 Å². The predicted octanol–water partition coefficient (Wildman–Crippen LogP) is 0.502. The maximum absolute atomic E-state index is 11.8. The molecule has 0 saturated heterocycles. The molecule has 1 atom stereocenters. The van der Waals surface area contributed by atoms with Crippen molar-refractivity contribution in [1.29, 1.82) is 0 Å². The Morgan fingerprint density at radius 3 is 2.53 bits per heavy atom. The Morgan fingerprint density at radius 2 is 2.07 bits per heavy atom. The van der Waals surface area contributed by atoms with Gasteiger partial charge in [0, 0.05) is 6.54 Å². The SMILES string of the molecule is CCCC(N)C(=O)NC1(CN)CCCC1. The van der Waals surface area contributed by atoms with E-state index in [0.29, 0.717) is 6.54 Å². The highest BCUT2D eigenvalue weighted by Crippen LogP contribution is 2.28. The smallest absolute Gasteiger partial charge is 0.237 e. The van der Waals surface area contributed by atoms with Gasteiger partial charge in [-0.25, -0.2) is 0 Å². The standard InChI is InChI=1S/C11H23N3O/c1-2-5-9(13)10(15)14-11(8-12)6-3-4-7-11/h9H,2-8,12-13H2,1H3,(H,14,15). The number of nitrogens with two attached hydrogens (primary N) is 2. The van der Waals surface area contributed by atoms with E-state index in [1.54, 1.807) is 0 Å². The summed E-state index contributed by atoms with van der Waals surface area (Å²) in [7, 11) is 0. The maximum Gasteiger partial charge on any atom is 0.237 e. The summed E-state index contributed by atoms with van der Waals surface area (Å²) in [5.74, 6) is -0.0378. The maximum atomic E-state index is 11.8. The fourth-order valence-electron chi connectivity index (χ4n) is 2.23. The van der Waals surface area contributed by atoms with Crippen LogP contribution in [0.2, 0.25) is 0 Å². The van der Waals surface area contributed by atoms with Crippen molar-refractivity contribution in [2.75, 3.05) is 6.54 Å². The van der Waals surface area contributed by atoms with E-state index in [-0.39, 0.29) is 17.5 Å². The fourth-order valence-corrected chi connectivity index (χ4v) is 2.23. The van der Waals surface area contributed by atoms with Gasteiger partial charge in [0.15, 0.2) is 0 Å². The molecule has 1 amide bonds. The van der Waals surface area contributed by atoms with Crippen molar-refractivity contribution in [3.63, 3.8) is 0 Å². The molecule has 0 aromatic heterocycles. The lowest BCUT2D eigenvalue weighted by Crippen LogP contribution is -2.55. The predicted molar refractivity (Wildman–Crippen MR) is 61.3 cm³/mol. The van der Waals surface area contributed by atoms with E-state index in [9.17, 15) is 4.79 Å². The third-order valence-corrected chi connectivity index (χ3v) is 3.28. The van der Waals surface area contributed by atoms with Gasteiger partial charge in [0.2, 0.25) is 5.91 Å². The first kappa shape index (κ1) is 12.5. The molecule has 0 aromatic rings. The average Bonchev–Trinajstić information content (AvgIpc) is 2.67. The van der Waals surface area contributed by atoms with E-state index in [1.807, 2.05) is 6.92 Å². The highest BCUT2D eigenvalue weighted by Gasteiger charge is 2.34. The first-order chi connectivity index (χ1) is 7.13. The number of hydrogen-bond acceptors (Lipinski definition) is 3. The molecule has 15 heavy (non-hydrogen) atoms. The molecule has 1 fully saturated rings. The number of hydrogen-bond donors (Lipinski definition) is 3. The Balaban J connectivity index is 2.48. The summed E-state index contributed by atoms with van der Waals surface area (Å²) in [6.45, 7) is 2.55. The summed E-state index contributed by atoms with van der Waals surface area (Å²) in [5.41, 5.74) is 11.3. The molecule has 1 rings (SSSR count). The molecule has 1 unspecified atom stereocenters. The van der Waals surface area contributed by atoms with Gasteiger partial charge in [-0.2, -0.15) is 0 Å². The van der Waals surface area contributed by atoms with Crippen LogP contribution in [-0.2, 0) is 4.79 Å². The molecule has 0 aromatic carbocycles. The lowest BCUT2D eigenvalue weighted by molar-refractivity contribution is -0.124. The highest BCUT2D eigenvalue weighted by molar-refractivity contribution is 5.82. The second-order valence-corrected chi connectivity index (χ2v) is 4.58. The minimum absolute atomic E-state index is 0.0378. The zero-order chi connectivity index (χ0) is 11.3. The zero-order valence-corrected chi connectivity index (χ0v) is 9.59. The van der Waals surface area contributed by atoms with Crippen molar-refractivity contribution in [2.45, 2.75) is 57.0 Å². The van der Waals surface area contributed by atoms with Crippen LogP contribution in [0, 0.1) is 0 Å². The highest BCUT2D eigenvalue weighted by atomic mass is 16.2. The van der Waals surface area contributed by atoms with Crippen LogP contribution >= 0.6 is 0 Å². The van der Waals surface area contributed by atoms with Crippen LogP contribution in [0.4, 0.5) is 0 Å². The van der Waals surface area contributed by atoms with Gasteiger partial charge in [0.05, 0.1) is 11.6 Å². The molecular formula is C11H23N3O. The number of carbonyl (C=O) groups excluding carboxylic acids is 1. The molecule has 5 N–H and O–H groups in total. The van der Waals surface area contributed by atoms with Gasteiger partial charge in [-0.3, -0.25) is 4.79 Å². The first-order valence-corrected chi connectivity index (χ1v) is 5.91. The molecule has 1 saturated carbocycles. The second kappa shape index (κ2) is 5.47. The topological polar surface area (TPSA) is 81.1 Å². The van der Waals surface area contributed by atoms with Crippen molar-refractivity contribution in [3.05, 3.63) is 0 Å². The van der Waals surface area contributed by atoms with Crippen LogP contribution in [0.25, 0.3) is 0 Å². The van der Waals surface area contributed by atoms with Crippen molar-refractivity contribution in [3.8, 4) is 0 Å². The summed E-state index contributed by atoms with van der Waals surface area (Å²) in [6.07, 6.45) is 5.97. The second-order valence-electron chi connectivity index (χ2n) is 4.58. The van der Waals surface area contributed by atoms with Gasteiger partial charge < -0.3 is 16.8 Å². The molecule has 1 aliphatic carbocycles. The summed E-state index contributed by atoms with van der Waals surface area (Å²) < 4.78 is 0. The fraction of sp³-hybridized carbons (Fsp3) is 0.909. The minimum Gasteiger partial charge on any atom is -0.348 e. The van der Waals surface area contributed by atoms with Crippen molar-refractivity contribution in [2.24, 2.45) is 11.5 Å². The summed E-state index contributed by atoms with van der Waals surface area (Å²) in [5, 5.41) is 3.04. The molecule has 0 radical (unpaired) electrons. The van der Waals surface area contributed by atoms with Crippen LogP contribution in [0.3, 0.4) is 0 Å². The van der Waals surface area contributed by atoms with E-state index in [4.69, 9.17) is 11.5 Å². The lowest BCUT2D eigenvalue weighted by Gasteiger charge is -2.30. The van der Waals surface area contributed by atoms with Gasteiger partial charge in [-0.05, 0) is 19.3 Å². The Kier molecular flexibility index (Phi) is 4.54. The minimum atomic E-state index is -0.376. The molecule has 88 valence electrons. The molecule has 0 aliphatic heterocycles. The van der Waals surface area contributed by atoms with Crippen molar-refractivity contribution in [1.82, 2.24) is 5.32 Å². The van der Waals surface area contributed by atoms with E-state index >= 15 is 0 Å². The van der Waals surface area contributed by atoms with Crippen LogP contribution in [-0.4, -0.2) is 24.0 Å². The molecule has 4 heteroatoms. The number of carbonyl (C=O) groups is 1. The van der Waals surface area contributed by atoms with Crippen molar-refractivity contribution >= 4 is 5.91 Å². The lowest BCUT2D eigenvalue weighted by atomic mass is 9.97. The van der Waals surface area contributed by atoms with Gasteiger partial charge in [0.1, 0.15) is 0 Å². The summed E-state index contributed by atoms with van der Waals surface area (Å²) in [4.78, 5) is 11.8.